The Labute approximate surface area is 119 Å². The first-order valence-corrected chi connectivity index (χ1v) is 7.76. The zero-order chi connectivity index (χ0) is 14.5. The van der Waals surface area contributed by atoms with E-state index < -0.39 is 11.9 Å². The van der Waals surface area contributed by atoms with Crippen LogP contribution in [0.4, 0.5) is 0 Å². The molecule has 3 N–H and O–H groups in total. The smallest absolute Gasteiger partial charge is 0.307 e. The van der Waals surface area contributed by atoms with Crippen LogP contribution in [0.2, 0.25) is 0 Å². The minimum Gasteiger partial charge on any atom is -0.481 e. The van der Waals surface area contributed by atoms with Crippen LogP contribution in [0.15, 0.2) is 0 Å². The van der Waals surface area contributed by atoms with E-state index in [9.17, 15) is 19.8 Å². The van der Waals surface area contributed by atoms with Crippen LogP contribution in [0.1, 0.15) is 51.4 Å². The Balaban J connectivity index is 1.79. The number of amides is 1. The van der Waals surface area contributed by atoms with E-state index >= 15 is 0 Å². The Morgan fingerprint density at radius 3 is 2.15 bits per heavy atom. The van der Waals surface area contributed by atoms with Gasteiger partial charge in [-0.15, -0.1) is 0 Å². The van der Waals surface area contributed by atoms with E-state index in [4.69, 9.17) is 0 Å². The highest BCUT2D eigenvalue weighted by atomic mass is 16.4. The molecule has 2 saturated carbocycles. The fourth-order valence-electron chi connectivity index (χ4n) is 3.47. The molecule has 114 valence electrons. The zero-order valence-corrected chi connectivity index (χ0v) is 11.9. The first-order chi connectivity index (χ1) is 9.58. The van der Waals surface area contributed by atoms with Crippen molar-refractivity contribution in [1.29, 1.82) is 0 Å². The topological polar surface area (TPSA) is 86.6 Å². The second kappa shape index (κ2) is 7.07. The lowest BCUT2D eigenvalue weighted by molar-refractivity contribution is -0.149. The van der Waals surface area contributed by atoms with Gasteiger partial charge in [0.15, 0.2) is 0 Å². The van der Waals surface area contributed by atoms with Gasteiger partial charge in [0.05, 0.1) is 17.9 Å². The van der Waals surface area contributed by atoms with Gasteiger partial charge >= 0.3 is 5.97 Å². The molecule has 2 aliphatic carbocycles. The average molecular weight is 283 g/mol. The predicted octanol–water partition coefficient (Wildman–Crippen LogP) is 1.54. The van der Waals surface area contributed by atoms with Gasteiger partial charge in [0.2, 0.25) is 5.91 Å². The molecule has 5 nitrogen and oxygen atoms in total. The van der Waals surface area contributed by atoms with Gasteiger partial charge in [-0.3, -0.25) is 9.59 Å². The van der Waals surface area contributed by atoms with Crippen molar-refractivity contribution < 1.29 is 19.8 Å². The Bertz CT molecular complexity index is 350. The van der Waals surface area contributed by atoms with Crippen molar-refractivity contribution in [2.75, 3.05) is 6.54 Å². The lowest BCUT2D eigenvalue weighted by Crippen LogP contribution is -2.41. The van der Waals surface area contributed by atoms with Gasteiger partial charge in [0.1, 0.15) is 0 Å². The van der Waals surface area contributed by atoms with Gasteiger partial charge in [0.25, 0.3) is 0 Å². The molecule has 0 saturated heterocycles. The summed E-state index contributed by atoms with van der Waals surface area (Å²) < 4.78 is 0. The molecular formula is C15H25NO4. The zero-order valence-electron chi connectivity index (χ0n) is 11.9. The number of hydrogen-bond donors (Lipinski definition) is 3. The van der Waals surface area contributed by atoms with Gasteiger partial charge in [-0.2, -0.15) is 0 Å². The van der Waals surface area contributed by atoms with Crippen LogP contribution in [-0.4, -0.2) is 34.7 Å². The molecule has 0 unspecified atom stereocenters. The first-order valence-electron chi connectivity index (χ1n) is 7.76. The number of nitrogens with one attached hydrogen (secondary N) is 1. The largest absolute Gasteiger partial charge is 0.481 e. The van der Waals surface area contributed by atoms with Gasteiger partial charge in [-0.1, -0.05) is 12.8 Å². The third-order valence-corrected chi connectivity index (χ3v) is 4.80. The molecular weight excluding hydrogens is 258 g/mol. The number of carboxylic acids is 1. The van der Waals surface area contributed by atoms with Crippen LogP contribution >= 0.6 is 0 Å². The molecule has 0 aromatic carbocycles. The number of aliphatic carboxylic acids is 1. The number of hydrogen-bond acceptors (Lipinski definition) is 3. The number of carbonyl (C=O) groups excluding carboxylic acids is 1. The van der Waals surface area contributed by atoms with Gasteiger partial charge in [-0.25, -0.2) is 0 Å². The summed E-state index contributed by atoms with van der Waals surface area (Å²) in [7, 11) is 0. The number of rotatable bonds is 4. The molecule has 0 bridgehead atoms. The van der Waals surface area contributed by atoms with Crippen molar-refractivity contribution >= 4 is 11.9 Å². The highest BCUT2D eigenvalue weighted by Crippen LogP contribution is 2.30. The summed E-state index contributed by atoms with van der Waals surface area (Å²) in [6.07, 6.45) is 6.46. The number of aliphatic hydroxyl groups is 1. The number of carboxylic acid groups (broad SMARTS) is 1. The van der Waals surface area contributed by atoms with Crippen LogP contribution in [0.5, 0.6) is 0 Å². The van der Waals surface area contributed by atoms with Crippen molar-refractivity contribution in [3.05, 3.63) is 0 Å². The SMILES string of the molecule is O=C(O)[C@H]1CCCC[C@H]1C(=O)NCC1CCC(O)CC1. The standard InChI is InChI=1S/C15H25NO4/c17-11-7-5-10(6-8-11)9-16-14(18)12-3-1-2-4-13(12)15(19)20/h10-13,17H,1-9H2,(H,16,18)(H,19,20)/t10?,11?,12-,13+/m1/s1. The number of carbonyl (C=O) groups is 2. The van der Waals surface area contributed by atoms with E-state index in [1.807, 2.05) is 0 Å². The minimum absolute atomic E-state index is 0.0942. The summed E-state index contributed by atoms with van der Waals surface area (Å²) in [4.78, 5) is 23.4. The molecule has 0 aromatic rings. The maximum absolute atomic E-state index is 12.2. The molecule has 0 radical (unpaired) electrons. The lowest BCUT2D eigenvalue weighted by Gasteiger charge is -2.29. The molecule has 0 aromatic heterocycles. The third-order valence-electron chi connectivity index (χ3n) is 4.80. The highest BCUT2D eigenvalue weighted by molar-refractivity contribution is 5.84. The fraction of sp³-hybridized carbons (Fsp3) is 0.867. The molecule has 2 fully saturated rings. The Morgan fingerprint density at radius 1 is 0.950 bits per heavy atom. The Morgan fingerprint density at radius 2 is 1.55 bits per heavy atom. The van der Waals surface area contributed by atoms with E-state index in [2.05, 4.69) is 5.32 Å². The maximum atomic E-state index is 12.2. The molecule has 2 aliphatic rings. The van der Waals surface area contributed by atoms with E-state index in [-0.39, 0.29) is 17.9 Å². The van der Waals surface area contributed by atoms with Crippen molar-refractivity contribution in [2.24, 2.45) is 17.8 Å². The molecule has 1 amide bonds. The molecule has 0 aliphatic heterocycles. The Kier molecular flexibility index (Phi) is 5.40. The van der Waals surface area contributed by atoms with Gasteiger partial charge in [-0.05, 0) is 44.4 Å². The second-order valence-corrected chi connectivity index (χ2v) is 6.26. The maximum Gasteiger partial charge on any atom is 0.307 e. The molecule has 2 rings (SSSR count). The summed E-state index contributed by atoms with van der Waals surface area (Å²) in [5, 5.41) is 21.6. The van der Waals surface area contributed by atoms with Crippen molar-refractivity contribution in [3.63, 3.8) is 0 Å². The van der Waals surface area contributed by atoms with Crippen molar-refractivity contribution in [3.8, 4) is 0 Å². The molecule has 5 heteroatoms. The van der Waals surface area contributed by atoms with Crippen LogP contribution in [0, 0.1) is 17.8 Å². The fourth-order valence-corrected chi connectivity index (χ4v) is 3.47. The summed E-state index contributed by atoms with van der Waals surface area (Å²) in [5.74, 6) is -1.39. The third kappa shape index (κ3) is 3.95. The summed E-state index contributed by atoms with van der Waals surface area (Å²) in [6, 6.07) is 0. The van der Waals surface area contributed by atoms with Crippen molar-refractivity contribution in [2.45, 2.75) is 57.5 Å². The summed E-state index contributed by atoms with van der Waals surface area (Å²) in [5.41, 5.74) is 0. The molecule has 20 heavy (non-hydrogen) atoms. The average Bonchev–Trinajstić information content (AvgIpc) is 2.46. The van der Waals surface area contributed by atoms with Crippen LogP contribution < -0.4 is 5.32 Å². The normalized spacial score (nSPS) is 34.5. The number of aliphatic hydroxyl groups excluding tert-OH is 1. The first kappa shape index (κ1) is 15.3. The van der Waals surface area contributed by atoms with Crippen molar-refractivity contribution in [1.82, 2.24) is 5.32 Å². The monoisotopic (exact) mass is 283 g/mol. The van der Waals surface area contributed by atoms with E-state index in [1.54, 1.807) is 0 Å². The second-order valence-electron chi connectivity index (χ2n) is 6.26. The summed E-state index contributed by atoms with van der Waals surface area (Å²) >= 11 is 0. The van der Waals surface area contributed by atoms with E-state index in [0.717, 1.165) is 38.5 Å². The predicted molar refractivity (Wildman–Crippen MR) is 74.1 cm³/mol. The molecule has 0 heterocycles. The quantitative estimate of drug-likeness (QED) is 0.730. The van der Waals surface area contributed by atoms with E-state index in [0.29, 0.717) is 25.3 Å². The molecule has 0 spiro atoms. The van der Waals surface area contributed by atoms with Gasteiger partial charge < -0.3 is 15.5 Å². The minimum atomic E-state index is -0.842. The lowest BCUT2D eigenvalue weighted by atomic mass is 9.78. The van der Waals surface area contributed by atoms with Crippen LogP contribution in [-0.2, 0) is 9.59 Å². The van der Waals surface area contributed by atoms with Crippen LogP contribution in [0.25, 0.3) is 0 Å². The highest BCUT2D eigenvalue weighted by Gasteiger charge is 2.35. The van der Waals surface area contributed by atoms with Gasteiger partial charge in [0, 0.05) is 6.54 Å². The van der Waals surface area contributed by atoms with E-state index in [1.165, 1.54) is 0 Å². The Hall–Kier alpha value is -1.10. The molecule has 2 atom stereocenters. The summed E-state index contributed by atoms with van der Waals surface area (Å²) in [6.45, 7) is 0.619. The van der Waals surface area contributed by atoms with Crippen LogP contribution in [0.3, 0.4) is 0 Å².